The summed E-state index contributed by atoms with van der Waals surface area (Å²) in [6.45, 7) is 3.36. The molecule has 0 spiro atoms. The molecular weight excluding hydrogens is 371 g/mol. The Balaban J connectivity index is 1.93. The molecule has 0 fully saturated rings. The highest BCUT2D eigenvalue weighted by atomic mass is 35.5. The molecule has 26 heavy (non-hydrogen) atoms. The van der Waals surface area contributed by atoms with Gasteiger partial charge in [0.2, 0.25) is 0 Å². The van der Waals surface area contributed by atoms with Crippen LogP contribution in [0.5, 0.6) is 0 Å². The van der Waals surface area contributed by atoms with E-state index in [0.717, 1.165) is 12.1 Å². The Bertz CT molecular complexity index is 1010. The van der Waals surface area contributed by atoms with Crippen LogP contribution in [0.2, 0.25) is 5.02 Å². The first-order valence-electron chi connectivity index (χ1n) is 7.52. The van der Waals surface area contributed by atoms with Gasteiger partial charge in [0.25, 0.3) is 5.56 Å². The summed E-state index contributed by atoms with van der Waals surface area (Å²) in [4.78, 5) is 21.2. The largest absolute Gasteiger partial charge is 0.416 e. The van der Waals surface area contributed by atoms with E-state index >= 15 is 0 Å². The molecule has 0 amide bonds. The van der Waals surface area contributed by atoms with E-state index in [4.69, 9.17) is 11.6 Å². The third-order valence-electron chi connectivity index (χ3n) is 3.81. The lowest BCUT2D eigenvalue weighted by molar-refractivity contribution is -0.137. The summed E-state index contributed by atoms with van der Waals surface area (Å²) in [5.74, 6) is 0.656. The monoisotopic (exact) mass is 383 g/mol. The Morgan fingerprint density at radius 1 is 1.15 bits per heavy atom. The minimum atomic E-state index is -4.46. The Morgan fingerprint density at radius 3 is 2.50 bits per heavy atom. The van der Waals surface area contributed by atoms with Gasteiger partial charge in [0, 0.05) is 17.0 Å². The van der Waals surface area contributed by atoms with E-state index in [-0.39, 0.29) is 16.4 Å². The maximum atomic E-state index is 12.8. The van der Waals surface area contributed by atoms with Crippen LogP contribution >= 0.6 is 11.6 Å². The average Bonchev–Trinajstić information content (AvgIpc) is 3.02. The Kier molecular flexibility index (Phi) is 4.57. The Labute approximate surface area is 150 Å². The highest BCUT2D eigenvalue weighted by Crippen LogP contribution is 2.35. The van der Waals surface area contributed by atoms with Gasteiger partial charge in [-0.25, -0.2) is 4.98 Å². The molecule has 0 aliphatic carbocycles. The maximum absolute atomic E-state index is 12.8. The number of halogens is 4. The second-order valence-electron chi connectivity index (χ2n) is 5.73. The van der Waals surface area contributed by atoms with E-state index in [1.165, 1.54) is 12.1 Å². The average molecular weight is 384 g/mol. The van der Waals surface area contributed by atoms with Crippen molar-refractivity contribution in [2.45, 2.75) is 25.9 Å². The minimum absolute atomic E-state index is 0.0181. The van der Waals surface area contributed by atoms with E-state index in [0.29, 0.717) is 22.9 Å². The number of nitrogens with one attached hydrogen (secondary N) is 2. The van der Waals surface area contributed by atoms with Gasteiger partial charge >= 0.3 is 6.18 Å². The number of hydrogen-bond donors (Lipinski definition) is 2. The summed E-state index contributed by atoms with van der Waals surface area (Å²) in [7, 11) is 0. The summed E-state index contributed by atoms with van der Waals surface area (Å²) in [5, 5.41) is 7.94. The standard InChI is InChI=1S/C16H13ClF3N5O/c1-7(10-4-3-9(5-11(10)17)16(18,19)20)14-23-15(25-24-14)12-6-13(26)22-8(2)21-12/h3-7H,1-2H3,(H,21,22,26)(H,23,24,25)/t7-/m0/s1. The number of benzene rings is 1. The quantitative estimate of drug-likeness (QED) is 0.722. The number of hydrogen-bond acceptors (Lipinski definition) is 4. The van der Waals surface area contributed by atoms with E-state index < -0.39 is 17.7 Å². The van der Waals surface area contributed by atoms with E-state index in [9.17, 15) is 18.0 Å². The predicted molar refractivity (Wildman–Crippen MR) is 88.9 cm³/mol. The molecule has 2 N–H and O–H groups in total. The summed E-state index contributed by atoms with van der Waals surface area (Å²) >= 11 is 6.03. The maximum Gasteiger partial charge on any atom is 0.416 e. The molecule has 3 rings (SSSR count). The van der Waals surface area contributed by atoms with Crippen molar-refractivity contribution in [2.24, 2.45) is 0 Å². The zero-order valence-corrected chi connectivity index (χ0v) is 14.4. The Morgan fingerprint density at radius 2 is 1.88 bits per heavy atom. The molecule has 10 heteroatoms. The van der Waals surface area contributed by atoms with Gasteiger partial charge in [-0.15, -0.1) is 10.2 Å². The molecule has 2 heterocycles. The van der Waals surface area contributed by atoms with Crippen molar-refractivity contribution < 1.29 is 13.2 Å². The summed E-state index contributed by atoms with van der Waals surface area (Å²) in [6, 6.07) is 4.43. The van der Waals surface area contributed by atoms with Gasteiger partial charge in [0.15, 0.2) is 5.82 Å². The number of aromatic nitrogens is 5. The fourth-order valence-corrected chi connectivity index (χ4v) is 2.83. The third kappa shape index (κ3) is 3.62. The van der Waals surface area contributed by atoms with Crippen molar-refractivity contribution in [2.75, 3.05) is 0 Å². The third-order valence-corrected chi connectivity index (χ3v) is 4.14. The number of alkyl halides is 3. The molecule has 1 atom stereocenters. The van der Waals surface area contributed by atoms with Gasteiger partial charge in [0.1, 0.15) is 17.3 Å². The lowest BCUT2D eigenvalue weighted by atomic mass is 9.99. The smallest absolute Gasteiger partial charge is 0.323 e. The molecule has 0 bridgehead atoms. The van der Waals surface area contributed by atoms with Crippen molar-refractivity contribution in [3.63, 3.8) is 0 Å². The summed E-state index contributed by atoms with van der Waals surface area (Å²) in [5.41, 5.74) is -0.364. The molecule has 6 nitrogen and oxygen atoms in total. The number of H-pyrrole nitrogens is 2. The van der Waals surface area contributed by atoms with Crippen LogP contribution in [0, 0.1) is 6.92 Å². The normalized spacial score (nSPS) is 13.0. The summed E-state index contributed by atoms with van der Waals surface area (Å²) < 4.78 is 38.3. The fraction of sp³-hybridized carbons (Fsp3) is 0.250. The van der Waals surface area contributed by atoms with E-state index in [1.807, 2.05) is 0 Å². The number of aryl methyl sites for hydroxylation is 1. The van der Waals surface area contributed by atoms with Crippen LogP contribution in [0.1, 0.15) is 35.6 Å². The molecule has 3 aromatic rings. The van der Waals surface area contributed by atoms with Crippen molar-refractivity contribution in [3.05, 3.63) is 62.4 Å². The molecule has 0 saturated heterocycles. The van der Waals surface area contributed by atoms with Crippen LogP contribution in [0.3, 0.4) is 0 Å². The van der Waals surface area contributed by atoms with Crippen LogP contribution in [0.15, 0.2) is 29.1 Å². The van der Waals surface area contributed by atoms with Crippen molar-refractivity contribution in [1.82, 2.24) is 25.1 Å². The lowest BCUT2D eigenvalue weighted by Gasteiger charge is -2.13. The highest BCUT2D eigenvalue weighted by Gasteiger charge is 2.31. The highest BCUT2D eigenvalue weighted by molar-refractivity contribution is 6.31. The predicted octanol–water partition coefficient (Wildman–Crippen LogP) is 3.69. The minimum Gasteiger partial charge on any atom is -0.323 e. The van der Waals surface area contributed by atoms with Crippen LogP contribution in [-0.4, -0.2) is 25.1 Å². The number of aromatic amines is 2. The van der Waals surface area contributed by atoms with Gasteiger partial charge < -0.3 is 9.97 Å². The van der Waals surface area contributed by atoms with E-state index in [1.54, 1.807) is 13.8 Å². The van der Waals surface area contributed by atoms with Gasteiger partial charge in [-0.1, -0.05) is 24.6 Å². The molecule has 0 unspecified atom stereocenters. The first-order chi connectivity index (χ1) is 12.1. The molecule has 0 aliphatic heterocycles. The molecule has 0 aliphatic rings. The molecule has 0 radical (unpaired) electrons. The summed E-state index contributed by atoms with van der Waals surface area (Å²) in [6.07, 6.45) is -4.46. The van der Waals surface area contributed by atoms with Gasteiger partial charge in [0.05, 0.1) is 5.56 Å². The van der Waals surface area contributed by atoms with Crippen LogP contribution in [-0.2, 0) is 6.18 Å². The fourth-order valence-electron chi connectivity index (χ4n) is 2.49. The second kappa shape index (κ2) is 6.56. The van der Waals surface area contributed by atoms with E-state index in [2.05, 4.69) is 25.1 Å². The Hall–Kier alpha value is -2.68. The lowest BCUT2D eigenvalue weighted by Crippen LogP contribution is -2.09. The SMILES string of the molecule is Cc1nc(-c2nnc([C@@H](C)c3ccc(C(F)(F)F)cc3Cl)[nH]2)cc(=O)[nH]1. The first-order valence-corrected chi connectivity index (χ1v) is 7.90. The number of rotatable bonds is 3. The molecule has 136 valence electrons. The van der Waals surface area contributed by atoms with Gasteiger partial charge in [-0.2, -0.15) is 13.2 Å². The zero-order chi connectivity index (χ0) is 19.1. The van der Waals surface area contributed by atoms with Crippen LogP contribution < -0.4 is 5.56 Å². The van der Waals surface area contributed by atoms with Crippen molar-refractivity contribution in [1.29, 1.82) is 0 Å². The van der Waals surface area contributed by atoms with Gasteiger partial charge in [-0.3, -0.25) is 4.79 Å². The molecule has 2 aromatic heterocycles. The zero-order valence-electron chi connectivity index (χ0n) is 13.6. The second-order valence-corrected chi connectivity index (χ2v) is 6.14. The first kappa shape index (κ1) is 18.1. The molecule has 1 aromatic carbocycles. The van der Waals surface area contributed by atoms with Gasteiger partial charge in [-0.05, 0) is 24.6 Å². The molecular formula is C16H13ClF3N5O. The van der Waals surface area contributed by atoms with Crippen molar-refractivity contribution >= 4 is 11.6 Å². The number of nitrogens with zero attached hydrogens (tertiary/aromatic N) is 3. The van der Waals surface area contributed by atoms with Crippen LogP contribution in [0.4, 0.5) is 13.2 Å². The topological polar surface area (TPSA) is 87.3 Å². The van der Waals surface area contributed by atoms with Crippen molar-refractivity contribution in [3.8, 4) is 11.5 Å². The molecule has 0 saturated carbocycles. The van der Waals surface area contributed by atoms with Crippen LogP contribution in [0.25, 0.3) is 11.5 Å².